The number of ether oxygens (including phenoxy) is 1. The van der Waals surface area contributed by atoms with E-state index < -0.39 is 77.5 Å². The predicted molar refractivity (Wildman–Crippen MR) is 182 cm³/mol. The molecule has 0 amide bonds. The molecular formula is C38H33F17O3S. The Labute approximate surface area is 329 Å². The molecule has 328 valence electrons. The van der Waals surface area contributed by atoms with E-state index in [1.54, 1.807) is 84.9 Å². The van der Waals surface area contributed by atoms with Crippen LogP contribution < -0.4 is 0 Å². The first-order valence-corrected chi connectivity index (χ1v) is 18.2. The number of carbonyl (C=O) groups excluding carboxylic acids is 1. The number of thioether (sulfide) groups is 1. The summed E-state index contributed by atoms with van der Waals surface area (Å²) in [6.45, 7) is 3.41. The first-order valence-electron chi connectivity index (χ1n) is 17.0. The van der Waals surface area contributed by atoms with Gasteiger partial charge in [-0.15, -0.1) is 0 Å². The number of carbonyl (C=O) groups is 1. The summed E-state index contributed by atoms with van der Waals surface area (Å²) in [5, 5.41) is 12.3. The summed E-state index contributed by atoms with van der Waals surface area (Å²) in [7, 11) is 0. The monoisotopic (exact) mass is 892 g/mol. The highest BCUT2D eigenvalue weighted by atomic mass is 32.2. The van der Waals surface area contributed by atoms with Crippen LogP contribution in [0.3, 0.4) is 0 Å². The molecule has 59 heavy (non-hydrogen) atoms. The molecule has 0 aliphatic rings. The van der Waals surface area contributed by atoms with Crippen LogP contribution in [0.15, 0.2) is 97.6 Å². The Kier molecular flexibility index (Phi) is 15.0. The van der Waals surface area contributed by atoms with Crippen molar-refractivity contribution in [1.82, 2.24) is 0 Å². The van der Waals surface area contributed by atoms with Crippen molar-refractivity contribution >= 4 is 17.7 Å². The van der Waals surface area contributed by atoms with Crippen molar-refractivity contribution in [2.45, 2.75) is 91.4 Å². The molecule has 3 nitrogen and oxygen atoms in total. The van der Waals surface area contributed by atoms with Crippen molar-refractivity contribution in [2.75, 3.05) is 11.5 Å². The van der Waals surface area contributed by atoms with Crippen molar-refractivity contribution in [2.24, 2.45) is 0 Å². The minimum Gasteiger partial charge on any atom is -0.450 e. The average molecular weight is 893 g/mol. The number of aryl methyl sites for hydroxylation is 1. The summed E-state index contributed by atoms with van der Waals surface area (Å²) in [5.74, 6) is -58.5. The van der Waals surface area contributed by atoms with Crippen LogP contribution >= 0.6 is 11.8 Å². The molecule has 3 aromatic rings. The van der Waals surface area contributed by atoms with Crippen LogP contribution in [-0.2, 0) is 21.6 Å². The fourth-order valence-electron chi connectivity index (χ4n) is 5.64. The van der Waals surface area contributed by atoms with Gasteiger partial charge in [0.1, 0.15) is 0 Å². The lowest BCUT2D eigenvalue weighted by molar-refractivity contribution is -0.461. The molecule has 0 saturated heterocycles. The number of alkyl halides is 17. The van der Waals surface area contributed by atoms with Crippen LogP contribution in [0.1, 0.15) is 54.0 Å². The van der Waals surface area contributed by atoms with Crippen molar-refractivity contribution in [1.29, 1.82) is 0 Å². The van der Waals surface area contributed by atoms with Gasteiger partial charge in [-0.2, -0.15) is 86.4 Å². The minimum absolute atomic E-state index is 0.141. The first-order chi connectivity index (χ1) is 27.0. The number of halogens is 17. The molecule has 0 aliphatic heterocycles. The second-order valence-corrected chi connectivity index (χ2v) is 14.3. The fraction of sp³-hybridized carbons (Fsp3) is 0.447. The number of benzene rings is 3. The Morgan fingerprint density at radius 1 is 0.593 bits per heavy atom. The summed E-state index contributed by atoms with van der Waals surface area (Å²) >= 11 is 0.378. The maximum Gasteiger partial charge on any atom is 0.460 e. The molecule has 0 radical (unpaired) electrons. The lowest BCUT2D eigenvalue weighted by atomic mass is 9.78. The maximum absolute atomic E-state index is 14.2. The van der Waals surface area contributed by atoms with E-state index in [0.717, 1.165) is 11.6 Å². The molecule has 0 aliphatic carbocycles. The van der Waals surface area contributed by atoms with E-state index in [2.05, 4.69) is 6.58 Å². The summed E-state index contributed by atoms with van der Waals surface area (Å²) < 4.78 is 235. The van der Waals surface area contributed by atoms with E-state index >= 15 is 0 Å². The zero-order valence-corrected chi connectivity index (χ0v) is 30.8. The smallest absolute Gasteiger partial charge is 0.450 e. The van der Waals surface area contributed by atoms with Gasteiger partial charge >= 0.3 is 53.6 Å². The SMILES string of the molecule is C=CC(=O)O[C@H](c1ccccc1)[C@](O)(c1ccccc1)c1ccc(CCCCCSCCC(F)(F)C(F)(F)C(F)(F)C(F)(F)C(F)(F)C(F)(F)C(F)(F)C(F)(F)F)cc1. The van der Waals surface area contributed by atoms with E-state index in [0.29, 0.717) is 47.7 Å². The highest BCUT2D eigenvalue weighted by Gasteiger charge is 2.95. The highest BCUT2D eigenvalue weighted by Crippen LogP contribution is 2.64. The largest absolute Gasteiger partial charge is 0.460 e. The summed E-state index contributed by atoms with van der Waals surface area (Å²) in [6.07, 6.45) is -9.27. The van der Waals surface area contributed by atoms with Gasteiger partial charge in [0.15, 0.2) is 11.7 Å². The Morgan fingerprint density at radius 2 is 1.05 bits per heavy atom. The van der Waals surface area contributed by atoms with Gasteiger partial charge in [-0.25, -0.2) is 4.79 Å². The van der Waals surface area contributed by atoms with Crippen molar-refractivity contribution in [3.63, 3.8) is 0 Å². The third-order valence-corrected chi connectivity index (χ3v) is 10.2. The third kappa shape index (κ3) is 9.34. The maximum atomic E-state index is 14.2. The Bertz CT molecular complexity index is 1840. The van der Waals surface area contributed by atoms with E-state index in [-0.39, 0.29) is 12.2 Å². The van der Waals surface area contributed by atoms with Crippen molar-refractivity contribution < 1.29 is 89.3 Å². The van der Waals surface area contributed by atoms with Gasteiger partial charge in [0.25, 0.3) is 0 Å². The standard InChI is InChI=1S/C38H33F17O3S/c1-2-28(56)58-29(25-13-7-3-8-14-25)31(57,26-15-9-4-10-16-26)27-19-17-24(18-20-27)12-6-5-11-22-59-23-21-30(39,40)32(41,42)33(43,44)34(45,46)35(47,48)36(49,50)37(51,52)38(53,54)55/h2-4,7-10,13-20,29,57H,1,5-6,11-12,21-23H2/t29-,31+/m1/s1. The van der Waals surface area contributed by atoms with Crippen LogP contribution in [0.2, 0.25) is 0 Å². The molecule has 0 unspecified atom stereocenters. The summed E-state index contributed by atoms with van der Waals surface area (Å²) in [6, 6.07) is 23.2. The van der Waals surface area contributed by atoms with Crippen LogP contribution in [0.4, 0.5) is 74.6 Å². The molecule has 0 bridgehead atoms. The van der Waals surface area contributed by atoms with Gasteiger partial charge in [-0.05, 0) is 53.0 Å². The van der Waals surface area contributed by atoms with Gasteiger partial charge < -0.3 is 9.84 Å². The molecule has 2 atom stereocenters. The Hall–Kier alpha value is -4.01. The first kappa shape index (κ1) is 49.4. The predicted octanol–water partition coefficient (Wildman–Crippen LogP) is 12.2. The lowest BCUT2D eigenvalue weighted by Gasteiger charge is -2.42. The molecule has 3 aromatic carbocycles. The van der Waals surface area contributed by atoms with Crippen LogP contribution in [-0.4, -0.2) is 70.2 Å². The lowest BCUT2D eigenvalue weighted by Crippen LogP contribution is -2.74. The molecule has 21 heteroatoms. The van der Waals surface area contributed by atoms with Gasteiger partial charge in [-0.1, -0.05) is 97.9 Å². The molecule has 0 spiro atoms. The topological polar surface area (TPSA) is 46.5 Å². The highest BCUT2D eigenvalue weighted by molar-refractivity contribution is 7.99. The molecular weight excluding hydrogens is 859 g/mol. The zero-order chi connectivity index (χ0) is 44.9. The second kappa shape index (κ2) is 17.9. The van der Waals surface area contributed by atoms with Crippen molar-refractivity contribution in [3.05, 3.63) is 120 Å². The van der Waals surface area contributed by atoms with Gasteiger partial charge in [0, 0.05) is 12.5 Å². The Morgan fingerprint density at radius 3 is 1.54 bits per heavy atom. The van der Waals surface area contributed by atoms with Gasteiger partial charge in [0.2, 0.25) is 0 Å². The number of unbranched alkanes of at least 4 members (excludes halogenated alkanes) is 2. The van der Waals surface area contributed by atoms with E-state index in [9.17, 15) is 84.5 Å². The molecule has 0 heterocycles. The average Bonchev–Trinajstić information content (AvgIpc) is 3.17. The third-order valence-electron chi connectivity index (χ3n) is 9.09. The van der Waals surface area contributed by atoms with Crippen LogP contribution in [0, 0.1) is 0 Å². The number of esters is 1. The zero-order valence-electron chi connectivity index (χ0n) is 30.0. The minimum atomic E-state index is -8.64. The second-order valence-electron chi connectivity index (χ2n) is 13.1. The summed E-state index contributed by atoms with van der Waals surface area (Å²) in [4.78, 5) is 12.4. The number of hydrogen-bond donors (Lipinski definition) is 1. The van der Waals surface area contributed by atoms with Crippen LogP contribution in [0.25, 0.3) is 0 Å². The van der Waals surface area contributed by atoms with E-state index in [1.807, 2.05) is 0 Å². The molecule has 1 N–H and O–H groups in total. The number of hydrogen-bond acceptors (Lipinski definition) is 4. The Balaban J connectivity index is 1.62. The van der Waals surface area contributed by atoms with Crippen LogP contribution in [0.5, 0.6) is 0 Å². The molecule has 0 fully saturated rings. The van der Waals surface area contributed by atoms with E-state index in [1.165, 1.54) is 0 Å². The number of rotatable bonds is 21. The summed E-state index contributed by atoms with van der Waals surface area (Å²) in [5.41, 5.74) is -0.0300. The fourth-order valence-corrected chi connectivity index (χ4v) is 6.65. The molecule has 0 aromatic heterocycles. The van der Waals surface area contributed by atoms with Crippen molar-refractivity contribution in [3.8, 4) is 0 Å². The normalized spacial score (nSPS) is 15.4. The van der Waals surface area contributed by atoms with Gasteiger partial charge in [0.05, 0.1) is 0 Å². The molecule has 0 saturated carbocycles. The number of aliphatic hydroxyl groups is 1. The van der Waals surface area contributed by atoms with Gasteiger partial charge in [-0.3, -0.25) is 0 Å². The van der Waals surface area contributed by atoms with E-state index in [4.69, 9.17) is 4.74 Å². The quantitative estimate of drug-likeness (QED) is 0.0501. The molecule has 3 rings (SSSR count).